The van der Waals surface area contributed by atoms with Crippen molar-refractivity contribution in [3.8, 4) is 0 Å². The predicted octanol–water partition coefficient (Wildman–Crippen LogP) is 4.23. The molecule has 142 valence electrons. The van der Waals surface area contributed by atoms with Crippen LogP contribution >= 0.6 is 0 Å². The van der Waals surface area contributed by atoms with Gasteiger partial charge in [0.15, 0.2) is 0 Å². The summed E-state index contributed by atoms with van der Waals surface area (Å²) in [5.74, 6) is 0.784. The van der Waals surface area contributed by atoms with Gasteiger partial charge in [-0.3, -0.25) is 4.79 Å². The molecular formula is C22H33N3O. The fraction of sp³-hybridized carbons (Fsp3) is 0.591. The number of hydrogen-bond donors (Lipinski definition) is 1. The maximum atomic E-state index is 13.1. The minimum atomic E-state index is 0.190. The molecular weight excluding hydrogens is 322 g/mol. The van der Waals surface area contributed by atoms with Crippen LogP contribution in [0.1, 0.15) is 55.2 Å². The molecule has 0 spiro atoms. The SMILES string of the molecule is CCc1[nH]c2ccc(C(=O)N3CCC[C@H](CN(CC)CC)C3)cc2c1C. The number of fused-ring (bicyclic) bond motifs is 1. The molecule has 1 N–H and O–H groups in total. The summed E-state index contributed by atoms with van der Waals surface area (Å²) in [5, 5.41) is 1.18. The van der Waals surface area contributed by atoms with Crippen LogP contribution in [-0.4, -0.2) is 53.4 Å². The third kappa shape index (κ3) is 3.80. The molecule has 1 aliphatic rings. The number of hydrogen-bond acceptors (Lipinski definition) is 2. The molecule has 0 radical (unpaired) electrons. The van der Waals surface area contributed by atoms with Crippen molar-refractivity contribution in [1.82, 2.24) is 14.8 Å². The van der Waals surface area contributed by atoms with Gasteiger partial charge < -0.3 is 14.8 Å². The fourth-order valence-electron chi connectivity index (χ4n) is 4.30. The van der Waals surface area contributed by atoms with E-state index in [0.717, 1.165) is 56.6 Å². The van der Waals surface area contributed by atoms with E-state index >= 15 is 0 Å². The van der Waals surface area contributed by atoms with Crippen LogP contribution in [0.2, 0.25) is 0 Å². The lowest BCUT2D eigenvalue weighted by atomic mass is 9.96. The van der Waals surface area contributed by atoms with Gasteiger partial charge in [0.05, 0.1) is 0 Å². The van der Waals surface area contributed by atoms with E-state index in [-0.39, 0.29) is 5.91 Å². The third-order valence-electron chi connectivity index (χ3n) is 5.98. The first kappa shape index (κ1) is 19.0. The second-order valence-corrected chi connectivity index (χ2v) is 7.59. The van der Waals surface area contributed by atoms with Gasteiger partial charge in [-0.1, -0.05) is 20.8 Å². The summed E-state index contributed by atoms with van der Waals surface area (Å²) in [7, 11) is 0. The number of nitrogens with zero attached hydrogens (tertiary/aromatic N) is 2. The molecule has 1 aromatic heterocycles. The third-order valence-corrected chi connectivity index (χ3v) is 5.98. The normalized spacial score (nSPS) is 18.0. The van der Waals surface area contributed by atoms with E-state index in [9.17, 15) is 4.79 Å². The molecule has 2 heterocycles. The first-order valence-corrected chi connectivity index (χ1v) is 10.2. The Morgan fingerprint density at radius 2 is 2.04 bits per heavy atom. The maximum absolute atomic E-state index is 13.1. The first-order chi connectivity index (χ1) is 12.6. The number of amides is 1. The Bertz CT molecular complexity index is 760. The van der Waals surface area contributed by atoms with Gasteiger partial charge in [0, 0.05) is 41.8 Å². The van der Waals surface area contributed by atoms with Crippen molar-refractivity contribution in [2.45, 2.75) is 47.0 Å². The van der Waals surface area contributed by atoms with Gasteiger partial charge in [0.25, 0.3) is 5.91 Å². The zero-order chi connectivity index (χ0) is 18.7. The standard InChI is InChI=1S/C22H33N3O/c1-5-20-16(4)19-13-18(10-11-21(19)23-20)22(26)25-12-8-9-17(15-25)14-24(6-2)7-3/h10-11,13,17,23H,5-9,12,14-15H2,1-4H3/t17-/m1/s1. The van der Waals surface area contributed by atoms with Crippen LogP contribution in [0.5, 0.6) is 0 Å². The van der Waals surface area contributed by atoms with Gasteiger partial charge in [0.2, 0.25) is 0 Å². The number of likely N-dealkylation sites (tertiary alicyclic amines) is 1. The van der Waals surface area contributed by atoms with Gasteiger partial charge in [-0.2, -0.15) is 0 Å². The van der Waals surface area contributed by atoms with Gasteiger partial charge >= 0.3 is 0 Å². The highest BCUT2D eigenvalue weighted by atomic mass is 16.2. The number of piperidine rings is 1. The van der Waals surface area contributed by atoms with Crippen LogP contribution in [0.4, 0.5) is 0 Å². The lowest BCUT2D eigenvalue weighted by molar-refractivity contribution is 0.0644. The molecule has 26 heavy (non-hydrogen) atoms. The lowest BCUT2D eigenvalue weighted by Gasteiger charge is -2.35. The van der Waals surface area contributed by atoms with E-state index in [0.29, 0.717) is 5.92 Å². The molecule has 0 saturated carbocycles. The van der Waals surface area contributed by atoms with Crippen molar-refractivity contribution in [1.29, 1.82) is 0 Å². The number of rotatable bonds is 6. The van der Waals surface area contributed by atoms with Crippen LogP contribution in [0.3, 0.4) is 0 Å². The van der Waals surface area contributed by atoms with E-state index in [1.54, 1.807) is 0 Å². The highest BCUT2D eigenvalue weighted by Crippen LogP contribution is 2.25. The van der Waals surface area contributed by atoms with E-state index in [1.165, 1.54) is 23.1 Å². The van der Waals surface area contributed by atoms with Crippen molar-refractivity contribution < 1.29 is 4.79 Å². The Morgan fingerprint density at radius 3 is 2.73 bits per heavy atom. The van der Waals surface area contributed by atoms with Gasteiger partial charge in [-0.05, 0) is 69.0 Å². The second-order valence-electron chi connectivity index (χ2n) is 7.59. The monoisotopic (exact) mass is 355 g/mol. The molecule has 1 atom stereocenters. The largest absolute Gasteiger partial charge is 0.358 e. The van der Waals surface area contributed by atoms with Crippen molar-refractivity contribution in [2.75, 3.05) is 32.7 Å². The molecule has 1 amide bonds. The average molecular weight is 356 g/mol. The number of aryl methyl sites for hydroxylation is 2. The number of carbonyl (C=O) groups excluding carboxylic acids is 1. The Balaban J connectivity index is 1.75. The van der Waals surface area contributed by atoms with Gasteiger partial charge in [-0.25, -0.2) is 0 Å². The topological polar surface area (TPSA) is 39.3 Å². The summed E-state index contributed by atoms with van der Waals surface area (Å²) in [4.78, 5) is 21.1. The minimum Gasteiger partial charge on any atom is -0.358 e. The van der Waals surface area contributed by atoms with Crippen molar-refractivity contribution >= 4 is 16.8 Å². The van der Waals surface area contributed by atoms with E-state index in [1.807, 2.05) is 6.07 Å². The Labute approximate surface area is 157 Å². The van der Waals surface area contributed by atoms with Crippen molar-refractivity contribution in [3.05, 3.63) is 35.0 Å². The molecule has 3 rings (SSSR count). The molecule has 1 aliphatic heterocycles. The van der Waals surface area contributed by atoms with Crippen LogP contribution in [-0.2, 0) is 6.42 Å². The molecule has 1 fully saturated rings. The quantitative estimate of drug-likeness (QED) is 0.842. The molecule has 1 aromatic carbocycles. The molecule has 4 heteroatoms. The van der Waals surface area contributed by atoms with E-state index in [2.05, 4.69) is 54.6 Å². The fourth-order valence-corrected chi connectivity index (χ4v) is 4.30. The van der Waals surface area contributed by atoms with Gasteiger partial charge in [0.1, 0.15) is 0 Å². The predicted molar refractivity (Wildman–Crippen MR) is 109 cm³/mol. The molecule has 0 aliphatic carbocycles. The molecule has 2 aromatic rings. The number of aromatic nitrogens is 1. The summed E-state index contributed by atoms with van der Waals surface area (Å²) in [6.45, 7) is 13.8. The summed E-state index contributed by atoms with van der Waals surface area (Å²) in [6, 6.07) is 6.12. The highest BCUT2D eigenvalue weighted by Gasteiger charge is 2.25. The van der Waals surface area contributed by atoms with Crippen LogP contribution in [0.15, 0.2) is 18.2 Å². The Hall–Kier alpha value is -1.81. The van der Waals surface area contributed by atoms with E-state index < -0.39 is 0 Å². The number of carbonyl (C=O) groups is 1. The number of nitrogens with one attached hydrogen (secondary N) is 1. The lowest BCUT2D eigenvalue weighted by Crippen LogP contribution is -2.43. The first-order valence-electron chi connectivity index (χ1n) is 10.2. The van der Waals surface area contributed by atoms with Crippen molar-refractivity contribution in [3.63, 3.8) is 0 Å². The summed E-state index contributed by atoms with van der Waals surface area (Å²) < 4.78 is 0. The van der Waals surface area contributed by atoms with Crippen LogP contribution < -0.4 is 0 Å². The van der Waals surface area contributed by atoms with Crippen molar-refractivity contribution in [2.24, 2.45) is 5.92 Å². The molecule has 0 unspecified atom stereocenters. The van der Waals surface area contributed by atoms with Crippen LogP contribution in [0, 0.1) is 12.8 Å². The van der Waals surface area contributed by atoms with Gasteiger partial charge in [-0.15, -0.1) is 0 Å². The average Bonchev–Trinajstić information content (AvgIpc) is 3.01. The molecule has 4 nitrogen and oxygen atoms in total. The highest BCUT2D eigenvalue weighted by molar-refractivity contribution is 5.99. The summed E-state index contributed by atoms with van der Waals surface area (Å²) in [6.07, 6.45) is 3.34. The number of H-pyrrole nitrogens is 1. The van der Waals surface area contributed by atoms with E-state index in [4.69, 9.17) is 0 Å². The maximum Gasteiger partial charge on any atom is 0.253 e. The smallest absolute Gasteiger partial charge is 0.253 e. The minimum absolute atomic E-state index is 0.190. The number of benzene rings is 1. The zero-order valence-electron chi connectivity index (χ0n) is 16.8. The molecule has 1 saturated heterocycles. The zero-order valence-corrected chi connectivity index (χ0v) is 16.8. The molecule has 0 bridgehead atoms. The van der Waals surface area contributed by atoms with Crippen LogP contribution in [0.25, 0.3) is 10.9 Å². The summed E-state index contributed by atoms with van der Waals surface area (Å²) in [5.41, 5.74) is 4.50. The Morgan fingerprint density at radius 1 is 1.27 bits per heavy atom. The summed E-state index contributed by atoms with van der Waals surface area (Å²) >= 11 is 0. The number of aromatic amines is 1. The second kappa shape index (κ2) is 8.26. The Kier molecular flexibility index (Phi) is 6.02.